The number of aromatic amines is 1. The molecule has 0 amide bonds. The van der Waals surface area contributed by atoms with Crippen molar-refractivity contribution >= 4 is 46.5 Å². The Morgan fingerprint density at radius 1 is 1.10 bits per heavy atom. The number of halogens is 2. The van der Waals surface area contributed by atoms with Gasteiger partial charge in [-0.15, -0.1) is 0 Å². The lowest BCUT2D eigenvalue weighted by Crippen LogP contribution is -2.22. The molecule has 0 radical (unpaired) electrons. The van der Waals surface area contributed by atoms with Gasteiger partial charge in [0.1, 0.15) is 0 Å². The number of nitrogens with zero attached hydrogens (tertiary/aromatic N) is 1. The molecular formula is C15H18Cl2N2S. The van der Waals surface area contributed by atoms with Crippen molar-refractivity contribution < 1.29 is 0 Å². The van der Waals surface area contributed by atoms with Crippen LogP contribution in [0.4, 0.5) is 0 Å². The molecule has 2 atom stereocenters. The first-order valence-electron chi connectivity index (χ1n) is 7.05. The minimum atomic E-state index is 0.451. The zero-order valence-corrected chi connectivity index (χ0v) is 13.9. The fourth-order valence-electron chi connectivity index (χ4n) is 3.60. The van der Waals surface area contributed by atoms with Gasteiger partial charge in [0, 0.05) is 6.04 Å². The molecule has 1 aliphatic carbocycles. The number of hydrogen-bond donors (Lipinski definition) is 1. The van der Waals surface area contributed by atoms with Crippen LogP contribution in [0.25, 0.3) is 11.0 Å². The quantitative estimate of drug-likeness (QED) is 0.636. The molecule has 2 aromatic rings. The molecule has 0 aliphatic heterocycles. The summed E-state index contributed by atoms with van der Waals surface area (Å²) in [5.74, 6) is 1.47. The Morgan fingerprint density at radius 2 is 1.70 bits per heavy atom. The van der Waals surface area contributed by atoms with Crippen LogP contribution in [0.3, 0.4) is 0 Å². The molecule has 0 saturated heterocycles. The Labute approximate surface area is 134 Å². The van der Waals surface area contributed by atoms with Crippen molar-refractivity contribution in [2.45, 2.75) is 39.2 Å². The minimum absolute atomic E-state index is 0.451. The largest absolute Gasteiger partial charge is 0.331 e. The van der Waals surface area contributed by atoms with E-state index in [-0.39, 0.29) is 0 Å². The third-order valence-electron chi connectivity index (χ3n) is 4.28. The zero-order valence-electron chi connectivity index (χ0n) is 11.6. The Bertz CT molecular complexity index is 694. The second-order valence-corrected chi connectivity index (χ2v) is 7.36. The number of imidazole rings is 1. The number of rotatable bonds is 1. The third kappa shape index (κ3) is 2.51. The van der Waals surface area contributed by atoms with Crippen molar-refractivity contribution in [3.63, 3.8) is 0 Å². The fraction of sp³-hybridized carbons (Fsp3) is 0.533. The Hall–Kier alpha value is -0.510. The van der Waals surface area contributed by atoms with Crippen LogP contribution in [0.1, 0.15) is 39.2 Å². The number of benzene rings is 1. The zero-order chi connectivity index (χ0) is 14.4. The second kappa shape index (κ2) is 5.36. The molecule has 1 aliphatic rings. The van der Waals surface area contributed by atoms with Crippen LogP contribution in [-0.2, 0) is 0 Å². The van der Waals surface area contributed by atoms with E-state index in [1.54, 1.807) is 0 Å². The summed E-state index contributed by atoms with van der Waals surface area (Å²) in [6.07, 6.45) is 3.65. The first-order chi connectivity index (χ1) is 9.45. The van der Waals surface area contributed by atoms with Crippen LogP contribution in [0.2, 0.25) is 10.0 Å². The lowest BCUT2D eigenvalue weighted by atomic mass is 9.80. The Kier molecular flexibility index (Phi) is 3.87. The maximum absolute atomic E-state index is 6.17. The molecule has 1 heterocycles. The highest BCUT2D eigenvalue weighted by Crippen LogP contribution is 2.38. The smallest absolute Gasteiger partial charge is 0.178 e. The average molecular weight is 329 g/mol. The average Bonchev–Trinajstić information content (AvgIpc) is 2.64. The van der Waals surface area contributed by atoms with Gasteiger partial charge in [-0.05, 0) is 55.4 Å². The summed E-state index contributed by atoms with van der Waals surface area (Å²) in [5.41, 5.74) is 2.03. The predicted molar refractivity (Wildman–Crippen MR) is 88.4 cm³/mol. The second-order valence-electron chi connectivity index (χ2n) is 6.15. The molecule has 5 heteroatoms. The third-order valence-corrected chi connectivity index (χ3v) is 5.30. The van der Waals surface area contributed by atoms with E-state index in [2.05, 4.69) is 23.4 Å². The van der Waals surface area contributed by atoms with Gasteiger partial charge >= 0.3 is 0 Å². The predicted octanol–water partition coefficient (Wildman–Crippen LogP) is 6.00. The minimum Gasteiger partial charge on any atom is -0.331 e. The molecule has 2 unspecified atom stereocenters. The van der Waals surface area contributed by atoms with Crippen molar-refractivity contribution in [3.05, 3.63) is 26.9 Å². The summed E-state index contributed by atoms with van der Waals surface area (Å²) in [5, 5.41) is 1.15. The van der Waals surface area contributed by atoms with E-state index in [4.69, 9.17) is 35.4 Å². The van der Waals surface area contributed by atoms with Gasteiger partial charge in [-0.25, -0.2) is 0 Å². The van der Waals surface area contributed by atoms with Gasteiger partial charge < -0.3 is 9.55 Å². The van der Waals surface area contributed by atoms with Crippen molar-refractivity contribution in [1.82, 2.24) is 9.55 Å². The van der Waals surface area contributed by atoms with E-state index in [0.29, 0.717) is 16.1 Å². The van der Waals surface area contributed by atoms with E-state index in [0.717, 1.165) is 27.6 Å². The Morgan fingerprint density at radius 3 is 2.35 bits per heavy atom. The molecule has 1 aromatic carbocycles. The topological polar surface area (TPSA) is 20.7 Å². The number of aromatic nitrogens is 2. The number of hydrogen-bond acceptors (Lipinski definition) is 1. The van der Waals surface area contributed by atoms with E-state index in [9.17, 15) is 0 Å². The first-order valence-corrected chi connectivity index (χ1v) is 8.21. The van der Waals surface area contributed by atoms with Gasteiger partial charge in [0.2, 0.25) is 0 Å². The number of H-pyrrole nitrogens is 1. The monoisotopic (exact) mass is 328 g/mol. The highest BCUT2D eigenvalue weighted by atomic mass is 35.5. The maximum atomic E-state index is 6.17. The van der Waals surface area contributed by atoms with Gasteiger partial charge in [0.25, 0.3) is 0 Å². The number of fused-ring (bicyclic) bond motifs is 1. The van der Waals surface area contributed by atoms with Gasteiger partial charge in [0.15, 0.2) is 4.77 Å². The molecule has 1 N–H and O–H groups in total. The highest BCUT2D eigenvalue weighted by molar-refractivity contribution is 7.71. The normalized spacial score (nSPS) is 27.1. The van der Waals surface area contributed by atoms with E-state index in [1.165, 1.54) is 19.3 Å². The summed E-state index contributed by atoms with van der Waals surface area (Å²) >= 11 is 17.8. The summed E-state index contributed by atoms with van der Waals surface area (Å²) in [6.45, 7) is 4.65. The summed E-state index contributed by atoms with van der Waals surface area (Å²) in [7, 11) is 0. The summed E-state index contributed by atoms with van der Waals surface area (Å²) < 4.78 is 3.00. The molecule has 20 heavy (non-hydrogen) atoms. The summed E-state index contributed by atoms with van der Waals surface area (Å²) in [6, 6.07) is 4.24. The molecule has 1 aromatic heterocycles. The molecule has 0 spiro atoms. The van der Waals surface area contributed by atoms with Crippen molar-refractivity contribution in [2.75, 3.05) is 0 Å². The van der Waals surface area contributed by atoms with E-state index >= 15 is 0 Å². The van der Waals surface area contributed by atoms with Gasteiger partial charge in [-0.3, -0.25) is 0 Å². The molecule has 108 valence electrons. The van der Waals surface area contributed by atoms with Crippen LogP contribution in [0, 0.1) is 16.6 Å². The van der Waals surface area contributed by atoms with E-state index in [1.807, 2.05) is 12.1 Å². The summed E-state index contributed by atoms with van der Waals surface area (Å²) in [4.78, 5) is 3.26. The maximum Gasteiger partial charge on any atom is 0.178 e. The molecule has 2 nitrogen and oxygen atoms in total. The molecule has 1 saturated carbocycles. The van der Waals surface area contributed by atoms with Crippen molar-refractivity contribution in [3.8, 4) is 0 Å². The van der Waals surface area contributed by atoms with Gasteiger partial charge in [-0.2, -0.15) is 0 Å². The van der Waals surface area contributed by atoms with Crippen LogP contribution in [-0.4, -0.2) is 9.55 Å². The van der Waals surface area contributed by atoms with Crippen LogP contribution >= 0.6 is 35.4 Å². The van der Waals surface area contributed by atoms with Crippen molar-refractivity contribution in [1.29, 1.82) is 0 Å². The van der Waals surface area contributed by atoms with Gasteiger partial charge in [0.05, 0.1) is 21.1 Å². The Balaban J connectivity index is 2.13. The molecule has 1 fully saturated rings. The van der Waals surface area contributed by atoms with Crippen LogP contribution < -0.4 is 0 Å². The van der Waals surface area contributed by atoms with Crippen LogP contribution in [0.5, 0.6) is 0 Å². The SMILES string of the molecule is CC1CC(C)CC(n2c(=S)[nH]c3cc(Cl)c(Cl)cc32)C1. The van der Waals surface area contributed by atoms with E-state index < -0.39 is 0 Å². The fourth-order valence-corrected chi connectivity index (χ4v) is 4.28. The lowest BCUT2D eigenvalue weighted by Gasteiger charge is -2.32. The van der Waals surface area contributed by atoms with Crippen molar-refractivity contribution in [2.24, 2.45) is 11.8 Å². The van der Waals surface area contributed by atoms with Gasteiger partial charge in [-0.1, -0.05) is 37.0 Å². The first kappa shape index (κ1) is 14.4. The van der Waals surface area contributed by atoms with Crippen LogP contribution in [0.15, 0.2) is 12.1 Å². The molecule has 0 bridgehead atoms. The molecule has 3 rings (SSSR count). The lowest BCUT2D eigenvalue weighted by molar-refractivity contribution is 0.223. The highest BCUT2D eigenvalue weighted by Gasteiger charge is 2.26. The molecular weight excluding hydrogens is 311 g/mol. The number of nitrogens with one attached hydrogen (secondary N) is 1. The standard InChI is InChI=1S/C15H18Cl2N2S/c1-8-3-9(2)5-10(4-8)19-14-7-12(17)11(16)6-13(14)18-15(19)20/h6-10H,3-5H2,1-2H3,(H,18,20).